The highest BCUT2D eigenvalue weighted by atomic mass is 16.5. The van der Waals surface area contributed by atoms with E-state index in [1.807, 2.05) is 66.2 Å². The van der Waals surface area contributed by atoms with Gasteiger partial charge >= 0.3 is 0 Å². The molecule has 0 radical (unpaired) electrons. The van der Waals surface area contributed by atoms with E-state index in [4.69, 9.17) is 14.6 Å². The quantitative estimate of drug-likeness (QED) is 0.399. The van der Waals surface area contributed by atoms with Crippen molar-refractivity contribution in [1.29, 1.82) is 0 Å². The summed E-state index contributed by atoms with van der Waals surface area (Å²) in [5.41, 5.74) is 1.77. The number of benzene rings is 2. The van der Waals surface area contributed by atoms with Gasteiger partial charge in [0.05, 0.1) is 29.7 Å². The highest BCUT2D eigenvalue weighted by Crippen LogP contribution is 2.33. The van der Waals surface area contributed by atoms with E-state index in [2.05, 4.69) is 25.3 Å². The number of hydrogen-bond acceptors (Lipinski definition) is 5. The summed E-state index contributed by atoms with van der Waals surface area (Å²) in [4.78, 5) is 2.23. The van der Waals surface area contributed by atoms with E-state index in [-0.39, 0.29) is 0 Å². The summed E-state index contributed by atoms with van der Waals surface area (Å²) in [5.74, 6) is 2.47. The van der Waals surface area contributed by atoms with Crippen LogP contribution in [0.3, 0.4) is 0 Å². The molecule has 0 fully saturated rings. The lowest BCUT2D eigenvalue weighted by Gasteiger charge is -2.31. The maximum absolute atomic E-state index is 10.7. The number of aryl methyl sites for hydroxylation is 1. The third-order valence-corrected chi connectivity index (χ3v) is 5.38. The van der Waals surface area contributed by atoms with Crippen LogP contribution < -0.4 is 9.47 Å². The number of aromatic nitrogens is 2. The van der Waals surface area contributed by atoms with E-state index >= 15 is 0 Å². The third-order valence-electron chi connectivity index (χ3n) is 5.38. The molecule has 3 rings (SSSR count). The molecule has 1 N–H and O–H groups in total. The van der Waals surface area contributed by atoms with Gasteiger partial charge < -0.3 is 14.6 Å². The molecule has 0 saturated carbocycles. The van der Waals surface area contributed by atoms with Crippen LogP contribution in [-0.2, 0) is 6.54 Å². The molecule has 0 saturated heterocycles. The molecule has 0 unspecified atom stereocenters. The van der Waals surface area contributed by atoms with Crippen LogP contribution in [0, 0.1) is 12.8 Å². The Morgan fingerprint density at radius 1 is 1.15 bits per heavy atom. The summed E-state index contributed by atoms with van der Waals surface area (Å²) < 4.78 is 13.6. The zero-order valence-electron chi connectivity index (χ0n) is 20.3. The fraction of sp³-hybridized carbons (Fsp3) is 0.370. The third kappa shape index (κ3) is 6.46. The number of rotatable bonds is 11. The Hall–Kier alpha value is -3.09. The summed E-state index contributed by atoms with van der Waals surface area (Å²) in [6.45, 7) is 13.8. The molecule has 33 heavy (non-hydrogen) atoms. The number of aliphatic hydroxyl groups is 1. The molecule has 0 spiro atoms. The summed E-state index contributed by atoms with van der Waals surface area (Å²) in [5, 5.41) is 15.5. The predicted octanol–water partition coefficient (Wildman–Crippen LogP) is 5.38. The second-order valence-electron chi connectivity index (χ2n) is 9.02. The van der Waals surface area contributed by atoms with Crippen molar-refractivity contribution in [3.63, 3.8) is 0 Å². The number of para-hydroxylation sites is 1. The van der Waals surface area contributed by atoms with Gasteiger partial charge in [0.2, 0.25) is 5.88 Å². The van der Waals surface area contributed by atoms with Crippen LogP contribution in [0.5, 0.6) is 17.4 Å². The lowest BCUT2D eigenvalue weighted by molar-refractivity contribution is 0.0537. The van der Waals surface area contributed by atoms with Crippen LogP contribution >= 0.6 is 0 Å². The van der Waals surface area contributed by atoms with Gasteiger partial charge in [-0.25, -0.2) is 4.68 Å². The molecule has 0 aliphatic carbocycles. The Kier molecular flexibility index (Phi) is 7.95. The number of hydrogen-bond donors (Lipinski definition) is 1. The average molecular weight is 450 g/mol. The van der Waals surface area contributed by atoms with Gasteiger partial charge in [-0.1, -0.05) is 44.2 Å². The monoisotopic (exact) mass is 449 g/mol. The first-order valence-electron chi connectivity index (χ1n) is 11.3. The minimum absolute atomic E-state index is 0.429. The molecule has 1 heterocycles. The fourth-order valence-corrected chi connectivity index (χ4v) is 3.79. The van der Waals surface area contributed by atoms with Gasteiger partial charge in [-0.15, -0.1) is 6.58 Å². The van der Waals surface area contributed by atoms with Gasteiger partial charge in [0.15, 0.2) is 0 Å². The molecule has 0 aliphatic rings. The van der Waals surface area contributed by atoms with Gasteiger partial charge in [0.1, 0.15) is 11.5 Å². The Morgan fingerprint density at radius 3 is 2.48 bits per heavy atom. The minimum atomic E-state index is -0.994. The number of methoxy groups -OCH3 is 1. The molecule has 2 aromatic carbocycles. The van der Waals surface area contributed by atoms with Crippen molar-refractivity contribution in [2.75, 3.05) is 20.2 Å². The average Bonchev–Trinajstić information content (AvgIpc) is 3.09. The van der Waals surface area contributed by atoms with E-state index < -0.39 is 5.60 Å². The molecule has 1 atom stereocenters. The highest BCUT2D eigenvalue weighted by Gasteiger charge is 2.26. The van der Waals surface area contributed by atoms with E-state index in [1.165, 1.54) is 0 Å². The highest BCUT2D eigenvalue weighted by molar-refractivity contribution is 5.44. The summed E-state index contributed by atoms with van der Waals surface area (Å²) in [6, 6.07) is 17.5. The smallest absolute Gasteiger partial charge is 0.227 e. The van der Waals surface area contributed by atoms with Crippen molar-refractivity contribution in [1.82, 2.24) is 14.7 Å². The van der Waals surface area contributed by atoms with Crippen LogP contribution in [0.25, 0.3) is 5.69 Å². The van der Waals surface area contributed by atoms with Crippen molar-refractivity contribution in [2.45, 2.75) is 39.8 Å². The number of ether oxygens (including phenoxy) is 2. The molecule has 3 aromatic rings. The van der Waals surface area contributed by atoms with Crippen molar-refractivity contribution >= 4 is 0 Å². The summed E-state index contributed by atoms with van der Waals surface area (Å²) in [7, 11) is 1.64. The fourth-order valence-electron chi connectivity index (χ4n) is 3.79. The standard InChI is InChI=1S/C27H35N3O3/c1-7-27(5,31)19-29(17-20(2)3)18-25-21(4)28-30(22-12-9-8-10-13-22)26(25)33-24-15-11-14-23(16-24)32-6/h7-16,20,31H,1,17-19H2,2-6H3/t27-/m0/s1. The Labute approximate surface area is 197 Å². The Balaban J connectivity index is 2.05. The van der Waals surface area contributed by atoms with Gasteiger partial charge in [-0.2, -0.15) is 5.10 Å². The minimum Gasteiger partial charge on any atom is -0.497 e. The molecular weight excluding hydrogens is 414 g/mol. The van der Waals surface area contributed by atoms with Crippen molar-refractivity contribution < 1.29 is 14.6 Å². The van der Waals surface area contributed by atoms with Crippen LogP contribution in [0.4, 0.5) is 0 Å². The topological polar surface area (TPSA) is 59.8 Å². The van der Waals surface area contributed by atoms with Crippen LogP contribution in [-0.4, -0.2) is 45.6 Å². The van der Waals surface area contributed by atoms with Crippen LogP contribution in [0.15, 0.2) is 67.3 Å². The second-order valence-corrected chi connectivity index (χ2v) is 9.02. The first kappa shape index (κ1) is 24.6. The molecular formula is C27H35N3O3. The Morgan fingerprint density at radius 2 is 1.85 bits per heavy atom. The SMILES string of the molecule is C=C[C@](C)(O)CN(Cc1c(C)nn(-c2ccccc2)c1Oc1cccc(OC)c1)CC(C)C. The largest absolute Gasteiger partial charge is 0.497 e. The molecule has 176 valence electrons. The molecule has 0 amide bonds. The Bertz CT molecular complexity index is 1060. The van der Waals surface area contributed by atoms with Crippen molar-refractivity contribution in [3.8, 4) is 23.1 Å². The zero-order valence-corrected chi connectivity index (χ0v) is 20.3. The lowest BCUT2D eigenvalue weighted by atomic mass is 10.0. The van der Waals surface area contributed by atoms with Gasteiger partial charge in [-0.05, 0) is 44.0 Å². The molecule has 6 nitrogen and oxygen atoms in total. The molecule has 0 bridgehead atoms. The van der Waals surface area contributed by atoms with E-state index in [9.17, 15) is 5.11 Å². The maximum atomic E-state index is 10.7. The summed E-state index contributed by atoms with van der Waals surface area (Å²) >= 11 is 0. The number of nitrogens with zero attached hydrogens (tertiary/aromatic N) is 3. The maximum Gasteiger partial charge on any atom is 0.227 e. The second kappa shape index (κ2) is 10.7. The predicted molar refractivity (Wildman–Crippen MR) is 132 cm³/mol. The van der Waals surface area contributed by atoms with Crippen molar-refractivity contribution in [2.24, 2.45) is 5.92 Å². The molecule has 0 aliphatic heterocycles. The molecule has 1 aromatic heterocycles. The van der Waals surface area contributed by atoms with Crippen LogP contribution in [0.1, 0.15) is 32.0 Å². The molecule has 6 heteroatoms. The van der Waals surface area contributed by atoms with Gasteiger partial charge in [0.25, 0.3) is 0 Å². The first-order valence-corrected chi connectivity index (χ1v) is 11.3. The lowest BCUT2D eigenvalue weighted by Crippen LogP contribution is -2.40. The van der Waals surface area contributed by atoms with Gasteiger partial charge in [-0.3, -0.25) is 4.90 Å². The van der Waals surface area contributed by atoms with E-state index in [1.54, 1.807) is 20.1 Å². The first-order chi connectivity index (χ1) is 15.7. The summed E-state index contributed by atoms with van der Waals surface area (Å²) in [6.07, 6.45) is 1.59. The van der Waals surface area contributed by atoms with E-state index in [0.717, 1.165) is 29.2 Å². The zero-order chi connectivity index (χ0) is 24.0. The van der Waals surface area contributed by atoms with E-state index in [0.29, 0.717) is 30.6 Å². The van der Waals surface area contributed by atoms with Crippen LogP contribution in [0.2, 0.25) is 0 Å². The van der Waals surface area contributed by atoms with Crippen molar-refractivity contribution in [3.05, 3.63) is 78.5 Å². The normalized spacial score (nSPS) is 13.2. The van der Waals surface area contributed by atoms with Gasteiger partial charge in [0, 0.05) is 25.7 Å².